The number of carbonyl (C=O) groups is 3. The summed E-state index contributed by atoms with van der Waals surface area (Å²) in [6.45, 7) is 5.78. The molecular weight excluding hydrogens is 406 g/mol. The van der Waals surface area contributed by atoms with Crippen molar-refractivity contribution in [2.45, 2.75) is 45.4 Å². The SMILES string of the molecule is CC(=O)c1ccc2c(c1)N(CC(=O)NC1CCN(Cc3ccccc3)CC1)C(=O)C(C)O2. The number of ether oxygens (including phenoxy) is 1. The van der Waals surface area contributed by atoms with Gasteiger partial charge in [0.2, 0.25) is 5.91 Å². The summed E-state index contributed by atoms with van der Waals surface area (Å²) in [5.74, 6) is -0.0891. The van der Waals surface area contributed by atoms with Crippen molar-refractivity contribution >= 4 is 23.3 Å². The van der Waals surface area contributed by atoms with Crippen LogP contribution < -0.4 is 15.0 Å². The summed E-state index contributed by atoms with van der Waals surface area (Å²) in [5.41, 5.74) is 2.23. The van der Waals surface area contributed by atoms with Gasteiger partial charge in [-0.3, -0.25) is 24.2 Å². The summed E-state index contributed by atoms with van der Waals surface area (Å²) in [5, 5.41) is 3.09. The highest BCUT2D eigenvalue weighted by atomic mass is 16.5. The maximum absolute atomic E-state index is 12.8. The van der Waals surface area contributed by atoms with Crippen LogP contribution in [0.5, 0.6) is 5.75 Å². The minimum Gasteiger partial charge on any atom is -0.479 e. The van der Waals surface area contributed by atoms with Crippen molar-refractivity contribution in [1.82, 2.24) is 10.2 Å². The summed E-state index contributed by atoms with van der Waals surface area (Å²) in [6.07, 6.45) is 1.06. The van der Waals surface area contributed by atoms with Crippen molar-refractivity contribution in [3.8, 4) is 5.75 Å². The predicted octanol–water partition coefficient (Wildman–Crippen LogP) is 2.78. The highest BCUT2D eigenvalue weighted by Gasteiger charge is 2.33. The van der Waals surface area contributed by atoms with Gasteiger partial charge in [-0.15, -0.1) is 0 Å². The quantitative estimate of drug-likeness (QED) is 0.706. The van der Waals surface area contributed by atoms with Gasteiger partial charge in [0.25, 0.3) is 5.91 Å². The van der Waals surface area contributed by atoms with Crippen molar-refractivity contribution < 1.29 is 19.1 Å². The Morgan fingerprint density at radius 2 is 1.81 bits per heavy atom. The molecule has 1 saturated heterocycles. The van der Waals surface area contributed by atoms with Crippen LogP contribution in [0.4, 0.5) is 5.69 Å². The van der Waals surface area contributed by atoms with Gasteiger partial charge in [-0.25, -0.2) is 0 Å². The molecule has 1 fully saturated rings. The summed E-state index contributed by atoms with van der Waals surface area (Å²) >= 11 is 0. The number of carbonyl (C=O) groups excluding carboxylic acids is 3. The van der Waals surface area contributed by atoms with Crippen LogP contribution in [0.1, 0.15) is 42.6 Å². The largest absolute Gasteiger partial charge is 0.479 e. The molecule has 2 amide bonds. The van der Waals surface area contributed by atoms with E-state index in [1.54, 1.807) is 25.1 Å². The first kappa shape index (κ1) is 22.0. The number of benzene rings is 2. The molecule has 0 spiro atoms. The number of rotatable bonds is 6. The molecule has 0 aromatic heterocycles. The number of hydrogen-bond acceptors (Lipinski definition) is 5. The smallest absolute Gasteiger partial charge is 0.268 e. The second kappa shape index (κ2) is 9.53. The molecule has 4 rings (SSSR count). The fourth-order valence-corrected chi connectivity index (χ4v) is 4.28. The normalized spacial score (nSPS) is 19.2. The number of likely N-dealkylation sites (tertiary alicyclic amines) is 1. The zero-order chi connectivity index (χ0) is 22.7. The molecule has 1 atom stereocenters. The molecule has 2 aliphatic heterocycles. The zero-order valence-electron chi connectivity index (χ0n) is 18.5. The van der Waals surface area contributed by atoms with Crippen molar-refractivity contribution in [3.63, 3.8) is 0 Å². The average molecular weight is 436 g/mol. The minimum atomic E-state index is -0.681. The van der Waals surface area contributed by atoms with Crippen LogP contribution in [0.15, 0.2) is 48.5 Å². The van der Waals surface area contributed by atoms with E-state index in [4.69, 9.17) is 4.74 Å². The molecule has 0 saturated carbocycles. The molecule has 32 heavy (non-hydrogen) atoms. The van der Waals surface area contributed by atoms with Gasteiger partial charge in [0, 0.05) is 31.2 Å². The third-order valence-corrected chi connectivity index (χ3v) is 6.08. The lowest BCUT2D eigenvalue weighted by molar-refractivity contribution is -0.128. The monoisotopic (exact) mass is 435 g/mol. The van der Waals surface area contributed by atoms with E-state index in [0.717, 1.165) is 32.5 Å². The van der Waals surface area contributed by atoms with Crippen molar-refractivity contribution in [2.75, 3.05) is 24.5 Å². The molecule has 1 N–H and O–H groups in total. The lowest BCUT2D eigenvalue weighted by atomic mass is 10.0. The fraction of sp³-hybridized carbons (Fsp3) is 0.400. The van der Waals surface area contributed by atoms with E-state index in [0.29, 0.717) is 17.0 Å². The molecule has 2 aliphatic rings. The van der Waals surface area contributed by atoms with E-state index in [1.807, 2.05) is 18.2 Å². The Morgan fingerprint density at radius 1 is 1.09 bits per heavy atom. The molecule has 0 aliphatic carbocycles. The molecule has 168 valence electrons. The molecular formula is C25H29N3O4. The van der Waals surface area contributed by atoms with Crippen LogP contribution in [-0.2, 0) is 16.1 Å². The molecule has 7 heteroatoms. The van der Waals surface area contributed by atoms with Crippen LogP contribution in [-0.4, -0.2) is 54.3 Å². The molecule has 2 aromatic carbocycles. The number of amides is 2. The van der Waals surface area contributed by atoms with Gasteiger partial charge >= 0.3 is 0 Å². The molecule has 2 aromatic rings. The lowest BCUT2D eigenvalue weighted by Gasteiger charge is -2.35. The number of anilines is 1. The average Bonchev–Trinajstić information content (AvgIpc) is 2.78. The van der Waals surface area contributed by atoms with Crippen LogP contribution in [0.25, 0.3) is 0 Å². The number of piperidine rings is 1. The van der Waals surface area contributed by atoms with Crippen molar-refractivity contribution in [3.05, 3.63) is 59.7 Å². The van der Waals surface area contributed by atoms with Crippen molar-refractivity contribution in [1.29, 1.82) is 0 Å². The van der Waals surface area contributed by atoms with Gasteiger partial charge in [-0.05, 0) is 50.5 Å². The molecule has 0 radical (unpaired) electrons. The second-order valence-electron chi connectivity index (χ2n) is 8.53. The lowest BCUT2D eigenvalue weighted by Crippen LogP contribution is -2.51. The number of fused-ring (bicyclic) bond motifs is 1. The molecule has 1 unspecified atom stereocenters. The van der Waals surface area contributed by atoms with E-state index in [2.05, 4.69) is 22.3 Å². The maximum atomic E-state index is 12.8. The first-order valence-electron chi connectivity index (χ1n) is 11.1. The number of nitrogens with one attached hydrogen (secondary N) is 1. The third-order valence-electron chi connectivity index (χ3n) is 6.08. The number of Topliss-reactive ketones (excluding diaryl/α,β-unsaturated/α-hetero) is 1. The first-order valence-corrected chi connectivity index (χ1v) is 11.1. The Kier molecular flexibility index (Phi) is 6.55. The summed E-state index contributed by atoms with van der Waals surface area (Å²) in [4.78, 5) is 41.2. The van der Waals surface area contributed by atoms with Gasteiger partial charge in [-0.1, -0.05) is 30.3 Å². The van der Waals surface area contributed by atoms with Crippen LogP contribution in [0, 0.1) is 0 Å². The topological polar surface area (TPSA) is 79.0 Å². The van der Waals surface area contributed by atoms with E-state index in [-0.39, 0.29) is 30.2 Å². The van der Waals surface area contributed by atoms with Crippen LogP contribution in [0.2, 0.25) is 0 Å². The Labute approximate surface area is 188 Å². The maximum Gasteiger partial charge on any atom is 0.268 e. The van der Waals surface area contributed by atoms with Gasteiger partial charge < -0.3 is 10.1 Å². The predicted molar refractivity (Wildman–Crippen MR) is 122 cm³/mol. The van der Waals surface area contributed by atoms with Crippen LogP contribution in [0.3, 0.4) is 0 Å². The summed E-state index contributed by atoms with van der Waals surface area (Å²) < 4.78 is 5.66. The van der Waals surface area contributed by atoms with E-state index < -0.39 is 6.10 Å². The van der Waals surface area contributed by atoms with Crippen molar-refractivity contribution in [2.24, 2.45) is 0 Å². The highest BCUT2D eigenvalue weighted by molar-refractivity contribution is 6.05. The van der Waals surface area contributed by atoms with E-state index in [9.17, 15) is 14.4 Å². The standard InChI is InChI=1S/C25H29N3O4/c1-17(29)20-8-9-23-22(14-20)28(25(31)18(2)32-23)16-24(30)26-21-10-12-27(13-11-21)15-19-6-4-3-5-7-19/h3-9,14,18,21H,10-13,15-16H2,1-2H3,(H,26,30). The first-order chi connectivity index (χ1) is 15.4. The van der Waals surface area contributed by atoms with E-state index in [1.165, 1.54) is 17.4 Å². The summed E-state index contributed by atoms with van der Waals surface area (Å²) in [6, 6.07) is 15.4. The van der Waals surface area contributed by atoms with Crippen LogP contribution >= 0.6 is 0 Å². The van der Waals surface area contributed by atoms with Gasteiger partial charge in [0.05, 0.1) is 5.69 Å². The minimum absolute atomic E-state index is 0.0890. The highest BCUT2D eigenvalue weighted by Crippen LogP contribution is 2.35. The molecule has 7 nitrogen and oxygen atoms in total. The van der Waals surface area contributed by atoms with Gasteiger partial charge in [-0.2, -0.15) is 0 Å². The third kappa shape index (κ3) is 4.99. The Hall–Kier alpha value is -3.19. The van der Waals surface area contributed by atoms with Gasteiger partial charge in [0.15, 0.2) is 11.9 Å². The Morgan fingerprint density at radius 3 is 2.50 bits per heavy atom. The summed E-state index contributed by atoms with van der Waals surface area (Å²) in [7, 11) is 0. The number of nitrogens with zero attached hydrogens (tertiary/aromatic N) is 2. The van der Waals surface area contributed by atoms with E-state index >= 15 is 0 Å². The Balaban J connectivity index is 1.35. The second-order valence-corrected chi connectivity index (χ2v) is 8.53. The number of ketones is 1. The zero-order valence-corrected chi connectivity index (χ0v) is 18.5. The molecule has 2 heterocycles. The molecule has 0 bridgehead atoms. The Bertz CT molecular complexity index is 1000. The van der Waals surface area contributed by atoms with Gasteiger partial charge in [0.1, 0.15) is 12.3 Å². The number of hydrogen-bond donors (Lipinski definition) is 1. The fourth-order valence-electron chi connectivity index (χ4n) is 4.28.